The lowest BCUT2D eigenvalue weighted by molar-refractivity contribution is 0.0224. The Morgan fingerprint density at radius 3 is 2.36 bits per heavy atom. The van der Waals surface area contributed by atoms with Crippen molar-refractivity contribution in [3.63, 3.8) is 0 Å². The van der Waals surface area contributed by atoms with Crippen molar-refractivity contribution >= 4 is 12.1 Å². The molecule has 120 valence electrons. The van der Waals surface area contributed by atoms with Gasteiger partial charge >= 0.3 is 12.1 Å². The van der Waals surface area contributed by atoms with E-state index in [1.54, 1.807) is 17.0 Å². The van der Waals surface area contributed by atoms with Gasteiger partial charge in [-0.05, 0) is 51.3 Å². The van der Waals surface area contributed by atoms with Crippen LogP contribution in [0, 0.1) is 0 Å². The van der Waals surface area contributed by atoms with Crippen molar-refractivity contribution < 1.29 is 19.1 Å². The van der Waals surface area contributed by atoms with Crippen molar-refractivity contribution in [1.82, 2.24) is 4.90 Å². The number of rotatable bonds is 2. The van der Waals surface area contributed by atoms with E-state index in [4.69, 9.17) is 9.47 Å². The maximum absolute atomic E-state index is 12.3. The van der Waals surface area contributed by atoms with Crippen LogP contribution in [-0.4, -0.2) is 36.2 Å². The highest BCUT2D eigenvalue weighted by Gasteiger charge is 2.33. The minimum atomic E-state index is -0.501. The van der Waals surface area contributed by atoms with Crippen LogP contribution in [0.3, 0.4) is 0 Å². The van der Waals surface area contributed by atoms with Gasteiger partial charge in [-0.1, -0.05) is 12.1 Å². The van der Waals surface area contributed by atoms with Gasteiger partial charge in [0.2, 0.25) is 0 Å². The number of nitrogens with zero attached hydrogens (tertiary/aromatic N) is 1. The summed E-state index contributed by atoms with van der Waals surface area (Å²) in [6, 6.07) is 7.21. The molecule has 1 aromatic rings. The molecule has 0 radical (unpaired) electrons. The van der Waals surface area contributed by atoms with Crippen LogP contribution in [0.15, 0.2) is 24.3 Å². The Bertz CT molecular complexity index is 545. The van der Waals surface area contributed by atoms with Crippen LogP contribution < -0.4 is 0 Å². The smallest absolute Gasteiger partial charge is 0.410 e. The highest BCUT2D eigenvalue weighted by molar-refractivity contribution is 5.89. The number of hydrogen-bond donors (Lipinski definition) is 0. The minimum absolute atomic E-state index is 0.00143. The molecule has 5 heteroatoms. The summed E-state index contributed by atoms with van der Waals surface area (Å²) in [6.07, 6.45) is 1.56. The highest BCUT2D eigenvalue weighted by Crippen LogP contribution is 2.33. The van der Waals surface area contributed by atoms with Gasteiger partial charge in [-0.2, -0.15) is 0 Å². The predicted molar refractivity (Wildman–Crippen MR) is 82.7 cm³/mol. The van der Waals surface area contributed by atoms with E-state index in [1.165, 1.54) is 7.11 Å². The lowest BCUT2D eigenvalue weighted by Gasteiger charge is -2.28. The largest absolute Gasteiger partial charge is 0.465 e. The number of ether oxygens (including phenoxy) is 2. The predicted octanol–water partition coefficient (Wildman–Crippen LogP) is 3.55. The van der Waals surface area contributed by atoms with E-state index in [1.807, 2.05) is 32.9 Å². The number of esters is 1. The number of amides is 1. The summed E-state index contributed by atoms with van der Waals surface area (Å²) in [4.78, 5) is 25.5. The highest BCUT2D eigenvalue weighted by atomic mass is 16.6. The number of hydrogen-bond acceptors (Lipinski definition) is 4. The first-order valence-corrected chi connectivity index (χ1v) is 7.50. The molecule has 5 nitrogen and oxygen atoms in total. The Hall–Kier alpha value is -2.04. The number of carbonyl (C=O) groups is 2. The van der Waals surface area contributed by atoms with Crippen LogP contribution in [0.1, 0.15) is 55.6 Å². The number of methoxy groups -OCH3 is 1. The van der Waals surface area contributed by atoms with Crippen molar-refractivity contribution in [1.29, 1.82) is 0 Å². The van der Waals surface area contributed by atoms with Crippen LogP contribution in [-0.2, 0) is 9.47 Å². The molecular formula is C17H23NO4. The van der Waals surface area contributed by atoms with E-state index in [0.29, 0.717) is 12.1 Å². The molecule has 1 aliphatic heterocycles. The fraction of sp³-hybridized carbons (Fsp3) is 0.529. The summed E-state index contributed by atoms with van der Waals surface area (Å²) in [5.41, 5.74) is 1.02. The molecule has 0 saturated carbocycles. The third-order valence-corrected chi connectivity index (χ3v) is 3.60. The van der Waals surface area contributed by atoms with Crippen molar-refractivity contribution in [2.45, 2.75) is 45.3 Å². The quantitative estimate of drug-likeness (QED) is 0.784. The lowest BCUT2D eigenvalue weighted by Crippen LogP contribution is -2.36. The average molecular weight is 305 g/mol. The zero-order valence-electron chi connectivity index (χ0n) is 13.6. The van der Waals surface area contributed by atoms with E-state index in [-0.39, 0.29) is 18.1 Å². The molecule has 0 unspecified atom stereocenters. The van der Waals surface area contributed by atoms with E-state index in [0.717, 1.165) is 18.4 Å². The van der Waals surface area contributed by atoms with Crippen LogP contribution in [0.25, 0.3) is 0 Å². The molecule has 1 aliphatic rings. The maximum atomic E-state index is 12.3. The Morgan fingerprint density at radius 2 is 1.82 bits per heavy atom. The summed E-state index contributed by atoms with van der Waals surface area (Å²) in [5, 5.41) is 0. The first-order chi connectivity index (χ1) is 10.3. The molecule has 0 aliphatic carbocycles. The number of carbonyl (C=O) groups excluding carboxylic acids is 2. The molecule has 1 atom stereocenters. The SMILES string of the molecule is COC(=O)c1ccc([C@@H]2CCCN2C(=O)OC(C)(C)C)cc1. The molecular weight excluding hydrogens is 282 g/mol. The van der Waals surface area contributed by atoms with Crippen molar-refractivity contribution in [3.05, 3.63) is 35.4 Å². The minimum Gasteiger partial charge on any atom is -0.465 e. The molecule has 1 amide bonds. The molecule has 1 heterocycles. The molecule has 1 saturated heterocycles. The summed E-state index contributed by atoms with van der Waals surface area (Å²) >= 11 is 0. The first-order valence-electron chi connectivity index (χ1n) is 7.50. The van der Waals surface area contributed by atoms with Gasteiger partial charge in [0.05, 0.1) is 18.7 Å². The van der Waals surface area contributed by atoms with Crippen LogP contribution in [0.4, 0.5) is 4.79 Å². The third-order valence-electron chi connectivity index (χ3n) is 3.60. The first kappa shape index (κ1) is 16.3. The fourth-order valence-corrected chi connectivity index (χ4v) is 2.61. The molecule has 0 bridgehead atoms. The van der Waals surface area contributed by atoms with Gasteiger partial charge in [0.25, 0.3) is 0 Å². The Balaban J connectivity index is 2.13. The van der Waals surface area contributed by atoms with Crippen LogP contribution in [0.5, 0.6) is 0 Å². The molecule has 0 N–H and O–H groups in total. The summed E-state index contributed by atoms with van der Waals surface area (Å²) in [5.74, 6) is -0.359. The fourth-order valence-electron chi connectivity index (χ4n) is 2.61. The van der Waals surface area contributed by atoms with E-state index in [2.05, 4.69) is 0 Å². The van der Waals surface area contributed by atoms with Gasteiger partial charge in [-0.15, -0.1) is 0 Å². The van der Waals surface area contributed by atoms with Gasteiger partial charge in [0.15, 0.2) is 0 Å². The Kier molecular flexibility index (Phi) is 4.74. The molecule has 2 rings (SSSR count). The second-order valence-corrected chi connectivity index (χ2v) is 6.45. The Morgan fingerprint density at radius 1 is 1.18 bits per heavy atom. The maximum Gasteiger partial charge on any atom is 0.410 e. The normalized spacial score (nSPS) is 18.2. The summed E-state index contributed by atoms with van der Waals surface area (Å²) in [7, 11) is 1.36. The van der Waals surface area contributed by atoms with Crippen LogP contribution >= 0.6 is 0 Å². The lowest BCUT2D eigenvalue weighted by atomic mass is 10.0. The van der Waals surface area contributed by atoms with Crippen molar-refractivity contribution in [2.24, 2.45) is 0 Å². The van der Waals surface area contributed by atoms with Gasteiger partial charge < -0.3 is 14.4 Å². The molecule has 1 fully saturated rings. The topological polar surface area (TPSA) is 55.8 Å². The zero-order chi connectivity index (χ0) is 16.3. The van der Waals surface area contributed by atoms with Gasteiger partial charge in [0.1, 0.15) is 5.60 Å². The molecule has 22 heavy (non-hydrogen) atoms. The summed E-state index contributed by atoms with van der Waals surface area (Å²) in [6.45, 7) is 6.28. The second kappa shape index (κ2) is 6.38. The van der Waals surface area contributed by atoms with E-state index < -0.39 is 5.60 Å². The number of benzene rings is 1. The molecule has 1 aromatic carbocycles. The zero-order valence-corrected chi connectivity index (χ0v) is 13.6. The third kappa shape index (κ3) is 3.78. The second-order valence-electron chi connectivity index (χ2n) is 6.45. The standard InChI is InChI=1S/C17H23NO4/c1-17(2,3)22-16(20)18-11-5-6-14(18)12-7-9-13(10-8-12)15(19)21-4/h7-10,14H,5-6,11H2,1-4H3/t14-/m0/s1. The summed E-state index contributed by atoms with van der Waals surface area (Å²) < 4.78 is 10.2. The average Bonchev–Trinajstić information content (AvgIpc) is 2.94. The van der Waals surface area contributed by atoms with E-state index in [9.17, 15) is 9.59 Å². The van der Waals surface area contributed by atoms with Gasteiger partial charge in [-0.25, -0.2) is 9.59 Å². The Labute approximate surface area is 131 Å². The monoisotopic (exact) mass is 305 g/mol. The molecule has 0 aromatic heterocycles. The van der Waals surface area contributed by atoms with Gasteiger partial charge in [0, 0.05) is 6.54 Å². The van der Waals surface area contributed by atoms with Crippen LogP contribution in [0.2, 0.25) is 0 Å². The van der Waals surface area contributed by atoms with E-state index >= 15 is 0 Å². The van der Waals surface area contributed by atoms with Gasteiger partial charge in [-0.3, -0.25) is 0 Å². The number of likely N-dealkylation sites (tertiary alicyclic amines) is 1. The van der Waals surface area contributed by atoms with Crippen molar-refractivity contribution in [3.8, 4) is 0 Å². The molecule has 0 spiro atoms. The van der Waals surface area contributed by atoms with Crippen molar-refractivity contribution in [2.75, 3.05) is 13.7 Å².